The molecule has 0 amide bonds. The lowest BCUT2D eigenvalue weighted by molar-refractivity contribution is -0.149. The molecule has 2 atom stereocenters. The number of aldehydes is 2. The van der Waals surface area contributed by atoms with Crippen molar-refractivity contribution in [3.63, 3.8) is 0 Å². The summed E-state index contributed by atoms with van der Waals surface area (Å²) in [7, 11) is 8.02. The number of likely N-dealkylation sites (N-methyl/N-ethyl adjacent to an activating group) is 1. The Balaban J connectivity index is 0.000000897. The largest absolute Gasteiger partial charge is 0.465 e. The normalized spacial score (nSPS) is 13.2. The zero-order valence-electron chi connectivity index (χ0n) is 38.7. The lowest BCUT2D eigenvalue weighted by atomic mass is 9.94. The number of unbranched alkanes of at least 4 members (excludes halogenated alkanes) is 13. The fourth-order valence-electron chi connectivity index (χ4n) is 6.57. The minimum Gasteiger partial charge on any atom is -0.465 e. The molecule has 2 heterocycles. The van der Waals surface area contributed by atoms with Crippen LogP contribution in [0.5, 0.6) is 0 Å². The van der Waals surface area contributed by atoms with Crippen molar-refractivity contribution < 1.29 is 38.2 Å². The third kappa shape index (κ3) is 29.1. The van der Waals surface area contributed by atoms with Gasteiger partial charge in [-0.15, -0.1) is 11.3 Å². The van der Waals surface area contributed by atoms with Crippen LogP contribution in [0.1, 0.15) is 190 Å². The maximum absolute atomic E-state index is 12.4. The Bertz CT molecular complexity index is 1240. The van der Waals surface area contributed by atoms with Gasteiger partial charge in [0.05, 0.1) is 30.8 Å². The summed E-state index contributed by atoms with van der Waals surface area (Å²) in [5, 5.41) is 4.09. The van der Waals surface area contributed by atoms with Gasteiger partial charge in [-0.3, -0.25) is 9.59 Å². The van der Waals surface area contributed by atoms with Gasteiger partial charge in [0, 0.05) is 50.8 Å². The van der Waals surface area contributed by atoms with Gasteiger partial charge < -0.3 is 38.9 Å². The highest BCUT2D eigenvalue weighted by molar-refractivity contribution is 7.16. The van der Waals surface area contributed by atoms with E-state index in [9.17, 15) is 24.0 Å². The van der Waals surface area contributed by atoms with E-state index in [-0.39, 0.29) is 29.9 Å². The maximum atomic E-state index is 12.4. The molecule has 1 N–H and O–H groups in total. The Morgan fingerprint density at radius 2 is 1.37 bits per heavy atom. The van der Waals surface area contributed by atoms with Crippen molar-refractivity contribution in [3.05, 3.63) is 16.0 Å². The van der Waals surface area contributed by atoms with E-state index in [1.165, 1.54) is 61.8 Å². The van der Waals surface area contributed by atoms with Crippen molar-refractivity contribution in [1.29, 1.82) is 0 Å². The van der Waals surface area contributed by atoms with Crippen LogP contribution in [0.4, 0.5) is 5.00 Å². The summed E-state index contributed by atoms with van der Waals surface area (Å²) in [5.41, 5.74) is 1.94. The summed E-state index contributed by atoms with van der Waals surface area (Å²) >= 11 is 1.68. The highest BCUT2D eigenvalue weighted by atomic mass is 32.1. The first-order chi connectivity index (χ1) is 28.5. The van der Waals surface area contributed by atoms with E-state index in [4.69, 9.17) is 14.2 Å². The molecule has 0 spiro atoms. The number of ether oxygens (including phenoxy) is 3. The molecule has 12 heteroatoms. The van der Waals surface area contributed by atoms with Gasteiger partial charge in [-0.05, 0) is 97.8 Å². The number of fused-ring (bicyclic) bond motifs is 1. The van der Waals surface area contributed by atoms with E-state index in [1.807, 2.05) is 35.0 Å². The van der Waals surface area contributed by atoms with E-state index in [0.29, 0.717) is 32.5 Å². The topological polar surface area (TPSA) is 132 Å². The van der Waals surface area contributed by atoms with Gasteiger partial charge in [-0.25, -0.2) is 4.79 Å². The van der Waals surface area contributed by atoms with Gasteiger partial charge in [-0.1, -0.05) is 85.0 Å². The Morgan fingerprint density at radius 3 is 1.97 bits per heavy atom. The lowest BCUT2D eigenvalue weighted by Crippen LogP contribution is -2.26. The number of carbonyl (C=O) groups is 5. The van der Waals surface area contributed by atoms with Crippen molar-refractivity contribution in [1.82, 2.24) is 9.80 Å². The smallest absolute Gasteiger partial charge is 0.341 e. The molecule has 1 aliphatic rings. The monoisotopic (exact) mass is 852 g/mol. The van der Waals surface area contributed by atoms with E-state index >= 15 is 0 Å². The number of esters is 3. The predicted molar refractivity (Wildman–Crippen MR) is 243 cm³/mol. The third-order valence-electron chi connectivity index (χ3n) is 10.4. The molecule has 2 rings (SSSR count). The second-order valence-electron chi connectivity index (χ2n) is 16.1. The molecule has 0 saturated heterocycles. The quantitative estimate of drug-likeness (QED) is 0.0322. The first-order valence-corrected chi connectivity index (χ1v) is 23.9. The van der Waals surface area contributed by atoms with E-state index in [1.54, 1.807) is 11.3 Å². The summed E-state index contributed by atoms with van der Waals surface area (Å²) in [4.78, 5) is 61.7. The summed E-state index contributed by atoms with van der Waals surface area (Å²) in [5.74, 6) is -0.223. The van der Waals surface area contributed by atoms with Crippen LogP contribution < -0.4 is 5.32 Å². The number of hydrogen-bond acceptors (Lipinski definition) is 12. The van der Waals surface area contributed by atoms with Gasteiger partial charge in [-0.2, -0.15) is 0 Å². The molecule has 0 aliphatic carbocycles. The molecule has 0 aromatic carbocycles. The van der Waals surface area contributed by atoms with Gasteiger partial charge in [0.1, 0.15) is 17.6 Å². The number of carbonyl (C=O) groups excluding carboxylic acids is 5. The number of anilines is 1. The summed E-state index contributed by atoms with van der Waals surface area (Å²) < 4.78 is 16.0. The zero-order chi connectivity index (χ0) is 44.1. The Labute approximate surface area is 363 Å². The molecular formula is C47H85N3O8S. The standard InChI is InChI=1S/C22H42O3.C15H25N3O2S.C10H18O3/c1-3-5-7-9-10-14-18-21(17-13-8-6-4-2)22(24)25-20-16-12-11-15-19-23;1-16-14-13(15(19)20-9-5-7-17(2)3)11-6-8-18(4)10-12(11)21-14;1-3-9(2)13-10(12)7-5-4-6-8-11/h19,21H,3-18,20H2,1-2H3;16H,5-10H2,1-4H3;8-9H,3-7H2,1-2H3. The average molecular weight is 852 g/mol. The molecule has 0 fully saturated rings. The first-order valence-electron chi connectivity index (χ1n) is 23.0. The Hall–Kier alpha value is -2.83. The van der Waals surface area contributed by atoms with Crippen LogP contribution in [0, 0.1) is 5.92 Å². The minimum atomic E-state index is -0.180. The fraction of sp³-hybridized carbons (Fsp3) is 0.809. The highest BCUT2D eigenvalue weighted by Crippen LogP contribution is 2.37. The van der Waals surface area contributed by atoms with Gasteiger partial charge in [0.15, 0.2) is 0 Å². The van der Waals surface area contributed by atoms with Crippen LogP contribution in [0.25, 0.3) is 0 Å². The maximum Gasteiger partial charge on any atom is 0.341 e. The van der Waals surface area contributed by atoms with Crippen molar-refractivity contribution in [2.24, 2.45) is 5.92 Å². The van der Waals surface area contributed by atoms with E-state index in [2.05, 4.69) is 36.0 Å². The third-order valence-corrected chi connectivity index (χ3v) is 11.6. The number of thiophene rings is 1. The van der Waals surface area contributed by atoms with Crippen LogP contribution in [-0.4, -0.2) is 101 Å². The Kier molecular flexibility index (Phi) is 36.3. The number of rotatable bonds is 32. The number of nitrogens with one attached hydrogen (secondary N) is 1. The highest BCUT2D eigenvalue weighted by Gasteiger charge is 2.27. The van der Waals surface area contributed by atoms with Crippen molar-refractivity contribution in [2.75, 3.05) is 59.8 Å². The van der Waals surface area contributed by atoms with E-state index < -0.39 is 0 Å². The summed E-state index contributed by atoms with van der Waals surface area (Å²) in [6.45, 7) is 12.1. The predicted octanol–water partition coefficient (Wildman–Crippen LogP) is 10.6. The van der Waals surface area contributed by atoms with E-state index in [0.717, 1.165) is 120 Å². The SMILES string of the molecule is CCC(C)OC(=O)CCCCC=O.CCCCCCCCC(CCCCCC)C(=O)OCCCCCC=O.CNc1sc2c(c1C(=O)OCCCN(C)C)CCN(C)C2. The first kappa shape index (κ1) is 56.2. The minimum absolute atomic E-state index is 0.0126. The molecule has 1 aliphatic heterocycles. The number of nitrogens with zero attached hydrogens (tertiary/aromatic N) is 2. The van der Waals surface area contributed by atoms with Crippen LogP contribution in [0.15, 0.2) is 0 Å². The van der Waals surface area contributed by atoms with Gasteiger partial charge >= 0.3 is 17.9 Å². The summed E-state index contributed by atoms with van der Waals surface area (Å²) in [6.07, 6.45) is 24.8. The fourth-order valence-corrected chi connectivity index (χ4v) is 7.84. The second-order valence-corrected chi connectivity index (χ2v) is 17.3. The van der Waals surface area contributed by atoms with Gasteiger partial charge in [0.25, 0.3) is 0 Å². The van der Waals surface area contributed by atoms with Crippen LogP contribution in [-0.2, 0) is 46.4 Å². The molecule has 1 aromatic rings. The van der Waals surface area contributed by atoms with Crippen molar-refractivity contribution >= 4 is 46.8 Å². The Morgan fingerprint density at radius 1 is 0.797 bits per heavy atom. The van der Waals surface area contributed by atoms with Crippen LogP contribution in [0.2, 0.25) is 0 Å². The van der Waals surface area contributed by atoms with Crippen LogP contribution in [0.3, 0.4) is 0 Å². The molecular weight excluding hydrogens is 767 g/mol. The summed E-state index contributed by atoms with van der Waals surface area (Å²) in [6, 6.07) is 0. The zero-order valence-corrected chi connectivity index (χ0v) is 39.5. The van der Waals surface area contributed by atoms with Gasteiger partial charge in [0.2, 0.25) is 0 Å². The number of hydrogen-bond donors (Lipinski definition) is 1. The average Bonchev–Trinajstić information content (AvgIpc) is 3.59. The van der Waals surface area contributed by atoms with Crippen LogP contribution >= 0.6 is 11.3 Å². The molecule has 11 nitrogen and oxygen atoms in total. The molecule has 0 saturated carbocycles. The lowest BCUT2D eigenvalue weighted by Gasteiger charge is -2.22. The van der Waals surface area contributed by atoms with Crippen molar-refractivity contribution in [2.45, 2.75) is 188 Å². The van der Waals surface area contributed by atoms with Crippen molar-refractivity contribution in [3.8, 4) is 0 Å². The molecule has 342 valence electrons. The molecule has 59 heavy (non-hydrogen) atoms. The molecule has 1 aromatic heterocycles. The molecule has 2 unspecified atom stereocenters. The molecule has 0 bridgehead atoms. The second kappa shape index (κ2) is 38.1. The molecule has 0 radical (unpaired) electrons.